The van der Waals surface area contributed by atoms with Crippen LogP contribution in [-0.2, 0) is 21.4 Å². The molecule has 2 N–H and O–H groups in total. The molecule has 2 aromatic carbocycles. The van der Waals surface area contributed by atoms with E-state index in [0.29, 0.717) is 29.4 Å². The lowest BCUT2D eigenvalue weighted by Crippen LogP contribution is -2.61. The molecule has 0 radical (unpaired) electrons. The predicted octanol–water partition coefficient (Wildman–Crippen LogP) is 2.73. The van der Waals surface area contributed by atoms with E-state index in [2.05, 4.69) is 26.8 Å². The van der Waals surface area contributed by atoms with Gasteiger partial charge in [0.25, 0.3) is 10.0 Å². The second kappa shape index (κ2) is 10.8. The van der Waals surface area contributed by atoms with Gasteiger partial charge >= 0.3 is 0 Å². The number of anilines is 1. The molecule has 13 heteroatoms. The monoisotopic (exact) mass is 599 g/mol. The van der Waals surface area contributed by atoms with Crippen LogP contribution in [0.25, 0.3) is 21.0 Å². The summed E-state index contributed by atoms with van der Waals surface area (Å²) >= 11 is 7.31. The average molecular weight is 600 g/mol. The summed E-state index contributed by atoms with van der Waals surface area (Å²) in [5, 5.41) is 2.12. The number of hydrogen-bond acceptors (Lipinski definition) is 9. The number of rotatable bonds is 6. The van der Waals surface area contributed by atoms with Crippen LogP contribution in [-0.4, -0.2) is 102 Å². The molecule has 2 aliphatic heterocycles. The van der Waals surface area contributed by atoms with Crippen LogP contribution in [0.2, 0.25) is 5.02 Å². The zero-order chi connectivity index (χ0) is 28.0. The number of likely N-dealkylation sites (N-methyl/N-ethyl adjacent to an activating group) is 1. The smallest absolute Gasteiger partial charge is 0.253 e. The molecule has 4 aromatic rings. The van der Waals surface area contributed by atoms with Gasteiger partial charge in [-0.1, -0.05) is 23.7 Å². The lowest BCUT2D eigenvalue weighted by molar-refractivity contribution is -0.139. The molecule has 10 nitrogen and oxygen atoms in total. The summed E-state index contributed by atoms with van der Waals surface area (Å²) in [6.45, 7) is 4.55. The molecule has 2 aromatic heterocycles. The number of nitrogens with two attached hydrogens (primary N) is 1. The third-order valence-electron chi connectivity index (χ3n) is 7.69. The number of amides is 1. The molecule has 0 bridgehead atoms. The Hall–Kier alpha value is -2.87. The van der Waals surface area contributed by atoms with E-state index < -0.39 is 10.0 Å². The Balaban J connectivity index is 1.29. The van der Waals surface area contributed by atoms with E-state index in [1.54, 1.807) is 18.2 Å². The van der Waals surface area contributed by atoms with Crippen LogP contribution in [0.15, 0.2) is 53.0 Å². The Morgan fingerprint density at radius 3 is 2.67 bits per heavy atom. The van der Waals surface area contributed by atoms with Crippen molar-refractivity contribution >= 4 is 65.7 Å². The number of thiophene rings is 1. The molecular formula is C27H30ClN7O3S2. The molecular weight excluding hydrogens is 570 g/mol. The molecule has 2 saturated heterocycles. The molecule has 210 valence electrons. The van der Waals surface area contributed by atoms with Crippen LogP contribution in [0.4, 0.5) is 5.82 Å². The average Bonchev–Trinajstić information content (AvgIpc) is 3.36. The Bertz CT molecular complexity index is 1690. The van der Waals surface area contributed by atoms with Crippen molar-refractivity contribution < 1.29 is 13.2 Å². The number of piperazine rings is 2. The maximum Gasteiger partial charge on any atom is 0.253 e. The third-order valence-corrected chi connectivity index (χ3v) is 11.3. The van der Waals surface area contributed by atoms with E-state index in [4.69, 9.17) is 17.3 Å². The molecule has 0 unspecified atom stereocenters. The van der Waals surface area contributed by atoms with Gasteiger partial charge in [0.15, 0.2) is 0 Å². The second-order valence-electron chi connectivity index (χ2n) is 10.4. The van der Waals surface area contributed by atoms with E-state index in [0.717, 1.165) is 47.2 Å². The number of fused-ring (bicyclic) bond motifs is 2. The Labute approximate surface area is 242 Å². The van der Waals surface area contributed by atoms with Crippen molar-refractivity contribution in [1.82, 2.24) is 29.0 Å². The maximum absolute atomic E-state index is 13.8. The third kappa shape index (κ3) is 5.39. The van der Waals surface area contributed by atoms with Crippen molar-refractivity contribution in [2.75, 3.05) is 58.6 Å². The van der Waals surface area contributed by atoms with Crippen LogP contribution in [0, 0.1) is 0 Å². The summed E-state index contributed by atoms with van der Waals surface area (Å²) in [5.41, 5.74) is 7.60. The minimum Gasteiger partial charge on any atom is -0.383 e. The first-order valence-corrected chi connectivity index (χ1v) is 15.7. The number of hydrogen-bond donors (Lipinski definition) is 1. The minimum absolute atomic E-state index is 0.209. The highest BCUT2D eigenvalue weighted by molar-refractivity contribution is 7.91. The van der Waals surface area contributed by atoms with Crippen LogP contribution in [0.1, 0.15) is 5.56 Å². The number of halogens is 1. The van der Waals surface area contributed by atoms with Crippen molar-refractivity contribution in [2.45, 2.75) is 16.8 Å². The molecule has 0 saturated carbocycles. The number of sulfonamides is 1. The molecule has 1 amide bonds. The van der Waals surface area contributed by atoms with Gasteiger partial charge in [-0.15, -0.1) is 11.3 Å². The molecule has 2 fully saturated rings. The van der Waals surface area contributed by atoms with E-state index >= 15 is 0 Å². The van der Waals surface area contributed by atoms with Crippen molar-refractivity contribution in [3.63, 3.8) is 0 Å². The largest absolute Gasteiger partial charge is 0.383 e. The molecule has 40 heavy (non-hydrogen) atoms. The van der Waals surface area contributed by atoms with Gasteiger partial charge < -0.3 is 15.5 Å². The number of benzene rings is 2. The van der Waals surface area contributed by atoms with Gasteiger partial charge in [-0.3, -0.25) is 9.69 Å². The number of carbonyl (C=O) groups excluding carboxylic acids is 1. The standard InChI is InChI=1S/C27H30ClN7O3S2/c1-32-6-8-33(9-7-32)14-21-15-34(40(37,38)26-11-19-3-4-20(28)12-24(19)39-26)16-25(36)35(21)13-18-2-5-22-23(10-18)30-17-31-27(22)29/h2-5,10-12,17,21H,6-9,13-16H2,1H3,(H2,29,30,31)/t21-/m0/s1. The quantitative estimate of drug-likeness (QED) is 0.360. The number of aromatic nitrogens is 2. The van der Waals surface area contributed by atoms with Gasteiger partial charge in [0, 0.05) is 60.9 Å². The molecule has 4 heterocycles. The van der Waals surface area contributed by atoms with Gasteiger partial charge in [-0.05, 0) is 48.3 Å². The van der Waals surface area contributed by atoms with E-state index in [1.165, 1.54) is 22.0 Å². The highest BCUT2D eigenvalue weighted by Gasteiger charge is 2.40. The topological polar surface area (TPSA) is 116 Å². The molecule has 2 aliphatic rings. The van der Waals surface area contributed by atoms with Crippen molar-refractivity contribution in [2.24, 2.45) is 0 Å². The Morgan fingerprint density at radius 2 is 1.88 bits per heavy atom. The van der Waals surface area contributed by atoms with Crippen LogP contribution in [0.3, 0.4) is 0 Å². The lowest BCUT2D eigenvalue weighted by atomic mass is 10.1. The number of carbonyl (C=O) groups is 1. The van der Waals surface area contributed by atoms with Crippen molar-refractivity contribution in [3.8, 4) is 0 Å². The van der Waals surface area contributed by atoms with Crippen molar-refractivity contribution in [1.29, 1.82) is 0 Å². The van der Waals surface area contributed by atoms with E-state index in [1.807, 2.05) is 29.2 Å². The normalized spacial score (nSPS) is 20.1. The van der Waals surface area contributed by atoms with Gasteiger partial charge in [-0.25, -0.2) is 18.4 Å². The SMILES string of the molecule is CN1CCN(C[C@H]2CN(S(=O)(=O)c3cc4ccc(Cl)cc4s3)CC(=O)N2Cc2ccc3c(N)ncnc3c2)CC1. The summed E-state index contributed by atoms with van der Waals surface area (Å²) in [5.74, 6) is 0.184. The maximum atomic E-state index is 13.8. The zero-order valence-corrected chi connectivity index (χ0v) is 24.4. The summed E-state index contributed by atoms with van der Waals surface area (Å²) < 4.78 is 30.0. The first-order chi connectivity index (χ1) is 19.2. The minimum atomic E-state index is -3.88. The summed E-state index contributed by atoms with van der Waals surface area (Å²) in [7, 11) is -1.78. The van der Waals surface area contributed by atoms with Crippen molar-refractivity contribution in [3.05, 3.63) is 59.4 Å². The fraction of sp³-hybridized carbons (Fsp3) is 0.370. The lowest BCUT2D eigenvalue weighted by Gasteiger charge is -2.43. The second-order valence-corrected chi connectivity index (χ2v) is 14.1. The van der Waals surface area contributed by atoms with Crippen LogP contribution >= 0.6 is 22.9 Å². The highest BCUT2D eigenvalue weighted by atomic mass is 35.5. The fourth-order valence-corrected chi connectivity index (χ4v) is 8.64. The Morgan fingerprint density at radius 1 is 1.07 bits per heavy atom. The number of nitrogens with zero attached hydrogens (tertiary/aromatic N) is 6. The highest BCUT2D eigenvalue weighted by Crippen LogP contribution is 2.34. The molecule has 0 spiro atoms. The first-order valence-electron chi connectivity index (χ1n) is 13.1. The van der Waals surface area contributed by atoms with E-state index in [9.17, 15) is 13.2 Å². The molecule has 0 aliphatic carbocycles. The summed E-state index contributed by atoms with van der Waals surface area (Å²) in [6, 6.07) is 12.4. The van der Waals surface area contributed by atoms with E-state index in [-0.39, 0.29) is 29.2 Å². The van der Waals surface area contributed by atoms with Gasteiger partial charge in [0.1, 0.15) is 16.4 Å². The summed E-state index contributed by atoms with van der Waals surface area (Å²) in [4.78, 5) is 28.4. The van der Waals surface area contributed by atoms with Crippen LogP contribution in [0.5, 0.6) is 0 Å². The predicted molar refractivity (Wildman–Crippen MR) is 158 cm³/mol. The van der Waals surface area contributed by atoms with Gasteiger partial charge in [-0.2, -0.15) is 4.31 Å². The summed E-state index contributed by atoms with van der Waals surface area (Å²) in [6.07, 6.45) is 1.42. The first kappa shape index (κ1) is 27.3. The molecule has 1 atom stereocenters. The van der Waals surface area contributed by atoms with Crippen LogP contribution < -0.4 is 5.73 Å². The fourth-order valence-electron chi connectivity index (χ4n) is 5.38. The zero-order valence-electron chi connectivity index (χ0n) is 22.0. The Kier molecular flexibility index (Phi) is 7.40. The molecule has 6 rings (SSSR count). The number of nitrogen functional groups attached to an aromatic ring is 1. The van der Waals surface area contributed by atoms with Gasteiger partial charge in [0.05, 0.1) is 18.1 Å². The van der Waals surface area contributed by atoms with Gasteiger partial charge in [0.2, 0.25) is 5.91 Å².